The van der Waals surface area contributed by atoms with E-state index in [4.69, 9.17) is 5.14 Å². The fourth-order valence-electron chi connectivity index (χ4n) is 2.20. The third-order valence-electron chi connectivity index (χ3n) is 3.46. The Labute approximate surface area is 159 Å². The quantitative estimate of drug-likeness (QED) is 0.582. The molecule has 0 spiro atoms. The standard InChI is InChI=1S/C17H15FN4O3S2/c18-11-1-3-13(4-2-11)21-17-22-14(10-26-17)9-16(23)20-12-5-7-15(8-6-12)27(19,24)25/h1-8,10H,9H2,(H,20,23)(H,21,22)(H2,19,24,25). The smallest absolute Gasteiger partial charge is 0.238 e. The van der Waals surface area contributed by atoms with E-state index < -0.39 is 10.0 Å². The van der Waals surface area contributed by atoms with Crippen molar-refractivity contribution >= 4 is 43.8 Å². The number of aromatic nitrogens is 1. The lowest BCUT2D eigenvalue weighted by Crippen LogP contribution is -2.15. The Morgan fingerprint density at radius 2 is 1.70 bits per heavy atom. The predicted octanol–water partition coefficient (Wildman–Crippen LogP) is 2.85. The van der Waals surface area contributed by atoms with Crippen LogP contribution in [-0.2, 0) is 21.2 Å². The Morgan fingerprint density at radius 3 is 2.33 bits per heavy atom. The van der Waals surface area contributed by atoms with Crippen LogP contribution in [0, 0.1) is 5.82 Å². The lowest BCUT2D eigenvalue weighted by molar-refractivity contribution is -0.115. The van der Waals surface area contributed by atoms with Gasteiger partial charge in [0.15, 0.2) is 5.13 Å². The zero-order chi connectivity index (χ0) is 19.4. The summed E-state index contributed by atoms with van der Waals surface area (Å²) in [6.45, 7) is 0. The second kappa shape index (κ2) is 7.82. The van der Waals surface area contributed by atoms with Crippen LogP contribution in [0.5, 0.6) is 0 Å². The normalized spacial score (nSPS) is 11.2. The van der Waals surface area contributed by atoms with Gasteiger partial charge in [0.05, 0.1) is 17.0 Å². The van der Waals surface area contributed by atoms with Gasteiger partial charge in [0.2, 0.25) is 15.9 Å². The molecule has 3 aromatic rings. The van der Waals surface area contributed by atoms with E-state index >= 15 is 0 Å². The van der Waals surface area contributed by atoms with E-state index in [1.165, 1.54) is 47.7 Å². The van der Waals surface area contributed by atoms with Gasteiger partial charge in [0, 0.05) is 16.8 Å². The summed E-state index contributed by atoms with van der Waals surface area (Å²) < 4.78 is 35.3. The molecule has 140 valence electrons. The van der Waals surface area contributed by atoms with E-state index in [9.17, 15) is 17.6 Å². The van der Waals surface area contributed by atoms with Crippen molar-refractivity contribution in [3.8, 4) is 0 Å². The van der Waals surface area contributed by atoms with Crippen molar-refractivity contribution in [3.63, 3.8) is 0 Å². The zero-order valence-corrected chi connectivity index (χ0v) is 15.5. The summed E-state index contributed by atoms with van der Waals surface area (Å²) >= 11 is 1.32. The highest BCUT2D eigenvalue weighted by molar-refractivity contribution is 7.89. The number of hydrogen-bond donors (Lipinski definition) is 3. The van der Waals surface area contributed by atoms with Gasteiger partial charge in [-0.3, -0.25) is 4.79 Å². The monoisotopic (exact) mass is 406 g/mol. The van der Waals surface area contributed by atoms with Crippen LogP contribution in [0.15, 0.2) is 58.8 Å². The highest BCUT2D eigenvalue weighted by Gasteiger charge is 2.10. The molecule has 0 fully saturated rings. The minimum absolute atomic E-state index is 0.0310. The van der Waals surface area contributed by atoms with Gasteiger partial charge < -0.3 is 10.6 Å². The van der Waals surface area contributed by atoms with Crippen LogP contribution < -0.4 is 15.8 Å². The lowest BCUT2D eigenvalue weighted by atomic mass is 10.3. The largest absolute Gasteiger partial charge is 0.332 e. The number of amides is 1. The minimum atomic E-state index is -3.77. The van der Waals surface area contributed by atoms with Gasteiger partial charge >= 0.3 is 0 Å². The zero-order valence-electron chi connectivity index (χ0n) is 13.8. The molecule has 1 heterocycles. The summed E-state index contributed by atoms with van der Waals surface area (Å²) in [5.74, 6) is -0.619. The van der Waals surface area contributed by atoms with Gasteiger partial charge in [-0.15, -0.1) is 11.3 Å². The van der Waals surface area contributed by atoms with E-state index in [1.54, 1.807) is 17.5 Å². The number of nitrogens with one attached hydrogen (secondary N) is 2. The van der Waals surface area contributed by atoms with Crippen molar-refractivity contribution in [2.24, 2.45) is 5.14 Å². The second-order valence-corrected chi connectivity index (χ2v) is 7.99. The van der Waals surface area contributed by atoms with Gasteiger partial charge in [0.1, 0.15) is 5.82 Å². The van der Waals surface area contributed by atoms with E-state index in [2.05, 4.69) is 15.6 Å². The van der Waals surface area contributed by atoms with E-state index in [0.717, 1.165) is 0 Å². The van der Waals surface area contributed by atoms with Crippen LogP contribution in [0.4, 0.5) is 20.9 Å². The van der Waals surface area contributed by atoms with Crippen molar-refractivity contribution in [2.75, 3.05) is 10.6 Å². The summed E-state index contributed by atoms with van der Waals surface area (Å²) in [6, 6.07) is 11.4. The number of anilines is 3. The van der Waals surface area contributed by atoms with Gasteiger partial charge in [0.25, 0.3) is 0 Å². The fourth-order valence-corrected chi connectivity index (χ4v) is 3.45. The molecular weight excluding hydrogens is 391 g/mol. The van der Waals surface area contributed by atoms with Crippen molar-refractivity contribution in [3.05, 3.63) is 65.4 Å². The summed E-state index contributed by atoms with van der Waals surface area (Å²) in [5.41, 5.74) is 1.72. The minimum Gasteiger partial charge on any atom is -0.332 e. The summed E-state index contributed by atoms with van der Waals surface area (Å²) in [6.07, 6.45) is 0.0541. The molecule has 7 nitrogen and oxygen atoms in total. The van der Waals surface area contributed by atoms with Gasteiger partial charge in [-0.25, -0.2) is 22.9 Å². The summed E-state index contributed by atoms with van der Waals surface area (Å²) in [4.78, 5) is 16.4. The Balaban J connectivity index is 1.58. The first-order chi connectivity index (χ1) is 12.8. The maximum absolute atomic E-state index is 12.9. The van der Waals surface area contributed by atoms with E-state index in [-0.39, 0.29) is 23.0 Å². The number of carbonyl (C=O) groups excluding carboxylic acids is 1. The molecule has 0 saturated heterocycles. The molecule has 10 heteroatoms. The highest BCUT2D eigenvalue weighted by Crippen LogP contribution is 2.21. The number of rotatable bonds is 6. The molecule has 27 heavy (non-hydrogen) atoms. The number of hydrogen-bond acceptors (Lipinski definition) is 6. The maximum atomic E-state index is 12.9. The van der Waals surface area contributed by atoms with E-state index in [0.29, 0.717) is 22.2 Å². The highest BCUT2D eigenvalue weighted by atomic mass is 32.2. The lowest BCUT2D eigenvalue weighted by Gasteiger charge is -2.05. The molecule has 0 radical (unpaired) electrons. The van der Waals surface area contributed by atoms with Crippen molar-refractivity contribution in [1.82, 2.24) is 4.98 Å². The Bertz CT molecular complexity index is 1050. The fraction of sp³-hybridized carbons (Fsp3) is 0.0588. The molecule has 0 aliphatic carbocycles. The number of thiazole rings is 1. The number of nitrogens with two attached hydrogens (primary N) is 1. The first kappa shape index (κ1) is 19.0. The number of benzene rings is 2. The average molecular weight is 406 g/mol. The van der Waals surface area contributed by atoms with E-state index in [1.807, 2.05) is 0 Å². The van der Waals surface area contributed by atoms with Crippen molar-refractivity contribution in [1.29, 1.82) is 0 Å². The second-order valence-electron chi connectivity index (χ2n) is 5.57. The molecule has 0 unspecified atom stereocenters. The van der Waals surface area contributed by atoms with Crippen LogP contribution in [-0.4, -0.2) is 19.3 Å². The van der Waals surface area contributed by atoms with Crippen molar-refractivity contribution < 1.29 is 17.6 Å². The Morgan fingerprint density at radius 1 is 1.07 bits per heavy atom. The topological polar surface area (TPSA) is 114 Å². The predicted molar refractivity (Wildman–Crippen MR) is 102 cm³/mol. The molecular formula is C17H15FN4O3S2. The number of primary sulfonamides is 1. The maximum Gasteiger partial charge on any atom is 0.238 e. The third kappa shape index (κ3) is 5.33. The summed E-state index contributed by atoms with van der Waals surface area (Å²) in [5, 5.41) is 13.1. The number of sulfonamides is 1. The molecule has 2 aromatic carbocycles. The number of carbonyl (C=O) groups is 1. The molecule has 0 aliphatic rings. The molecule has 1 aromatic heterocycles. The Hall–Kier alpha value is -2.82. The van der Waals surface area contributed by atoms with Gasteiger partial charge in [-0.2, -0.15) is 0 Å². The third-order valence-corrected chi connectivity index (χ3v) is 5.19. The van der Waals surface area contributed by atoms with Gasteiger partial charge in [-0.05, 0) is 48.5 Å². The van der Waals surface area contributed by atoms with Crippen LogP contribution >= 0.6 is 11.3 Å². The average Bonchev–Trinajstić information content (AvgIpc) is 3.03. The Kier molecular flexibility index (Phi) is 5.49. The number of halogens is 1. The molecule has 1 amide bonds. The van der Waals surface area contributed by atoms with Gasteiger partial charge in [-0.1, -0.05) is 0 Å². The van der Waals surface area contributed by atoms with Crippen LogP contribution in [0.1, 0.15) is 5.69 Å². The van der Waals surface area contributed by atoms with Crippen LogP contribution in [0.2, 0.25) is 0 Å². The van der Waals surface area contributed by atoms with Crippen molar-refractivity contribution in [2.45, 2.75) is 11.3 Å². The number of nitrogens with zero attached hydrogens (tertiary/aromatic N) is 1. The molecule has 0 bridgehead atoms. The first-order valence-electron chi connectivity index (χ1n) is 7.69. The van der Waals surface area contributed by atoms with Crippen LogP contribution in [0.25, 0.3) is 0 Å². The SMILES string of the molecule is NS(=O)(=O)c1ccc(NC(=O)Cc2csc(Nc3ccc(F)cc3)n2)cc1. The molecule has 0 atom stereocenters. The molecule has 0 saturated carbocycles. The first-order valence-corrected chi connectivity index (χ1v) is 10.1. The molecule has 3 rings (SSSR count). The summed E-state index contributed by atoms with van der Waals surface area (Å²) in [7, 11) is -3.77. The molecule has 0 aliphatic heterocycles. The molecule has 4 N–H and O–H groups in total. The van der Waals surface area contributed by atoms with Crippen LogP contribution in [0.3, 0.4) is 0 Å².